The van der Waals surface area contributed by atoms with Crippen LogP contribution in [0.25, 0.3) is 0 Å². The van der Waals surface area contributed by atoms with E-state index in [9.17, 15) is 4.79 Å². The van der Waals surface area contributed by atoms with E-state index >= 15 is 0 Å². The van der Waals surface area contributed by atoms with Crippen molar-refractivity contribution in [3.63, 3.8) is 0 Å². The minimum atomic E-state index is -0.0682. The minimum absolute atomic E-state index is 0.0376. The third-order valence-corrected chi connectivity index (χ3v) is 4.30. The van der Waals surface area contributed by atoms with E-state index in [-0.39, 0.29) is 11.8 Å². The molecule has 7 nitrogen and oxygen atoms in total. The molecule has 7 heteroatoms. The molecule has 2 aromatic rings. The lowest BCUT2D eigenvalue weighted by Gasteiger charge is -2.32. The van der Waals surface area contributed by atoms with Gasteiger partial charge in [0.15, 0.2) is 11.6 Å². The molecule has 0 spiro atoms. The number of nitrogens with one attached hydrogen (secondary N) is 1. The van der Waals surface area contributed by atoms with E-state index in [0.29, 0.717) is 17.1 Å². The van der Waals surface area contributed by atoms with Crippen molar-refractivity contribution in [3.8, 4) is 11.8 Å². The molecule has 0 saturated carbocycles. The molecule has 1 N–H and O–H groups in total. The van der Waals surface area contributed by atoms with Gasteiger partial charge in [-0.15, -0.1) is 0 Å². The summed E-state index contributed by atoms with van der Waals surface area (Å²) in [4.78, 5) is 23.1. The summed E-state index contributed by atoms with van der Waals surface area (Å²) < 4.78 is 5.21. The first-order chi connectivity index (χ1) is 12.2. The second kappa shape index (κ2) is 7.62. The number of amides is 1. The number of anilines is 2. The smallest absolute Gasteiger partial charge is 0.228 e. The van der Waals surface area contributed by atoms with Gasteiger partial charge in [0.1, 0.15) is 11.9 Å². The van der Waals surface area contributed by atoms with Gasteiger partial charge >= 0.3 is 0 Å². The summed E-state index contributed by atoms with van der Waals surface area (Å²) in [7, 11) is 1.55. The Kier molecular flexibility index (Phi) is 5.09. The molecule has 0 unspecified atom stereocenters. The maximum absolute atomic E-state index is 12.5. The Morgan fingerprint density at radius 3 is 2.76 bits per heavy atom. The highest BCUT2D eigenvalue weighted by Gasteiger charge is 2.26. The van der Waals surface area contributed by atoms with Gasteiger partial charge in [-0.25, -0.2) is 9.97 Å². The van der Waals surface area contributed by atoms with Gasteiger partial charge in [-0.1, -0.05) is 0 Å². The van der Waals surface area contributed by atoms with E-state index in [2.05, 4.69) is 26.3 Å². The molecule has 25 heavy (non-hydrogen) atoms. The summed E-state index contributed by atoms with van der Waals surface area (Å²) in [6, 6.07) is 9.19. The summed E-state index contributed by atoms with van der Waals surface area (Å²) in [5.41, 5.74) is 0.544. The zero-order chi connectivity index (χ0) is 17.6. The number of rotatable bonds is 4. The van der Waals surface area contributed by atoms with Crippen molar-refractivity contribution < 1.29 is 9.53 Å². The number of carbonyl (C=O) groups excluding carboxylic acids is 1. The van der Waals surface area contributed by atoms with Crippen LogP contribution in [0.1, 0.15) is 18.4 Å². The molecule has 1 aliphatic heterocycles. The van der Waals surface area contributed by atoms with Gasteiger partial charge < -0.3 is 15.0 Å². The molecular weight excluding hydrogens is 318 g/mol. The monoisotopic (exact) mass is 337 g/mol. The molecule has 0 aliphatic carbocycles. The molecule has 3 heterocycles. The molecule has 3 rings (SSSR count). The number of pyridine rings is 2. The van der Waals surface area contributed by atoms with Crippen LogP contribution in [0.3, 0.4) is 0 Å². The summed E-state index contributed by atoms with van der Waals surface area (Å²) in [6.07, 6.45) is 4.67. The largest absolute Gasteiger partial charge is 0.493 e. The lowest BCUT2D eigenvalue weighted by Crippen LogP contribution is -2.38. The molecule has 128 valence electrons. The number of nitriles is 1. The summed E-state index contributed by atoms with van der Waals surface area (Å²) in [5, 5.41) is 11.7. The third-order valence-electron chi connectivity index (χ3n) is 4.30. The highest BCUT2D eigenvalue weighted by atomic mass is 16.5. The van der Waals surface area contributed by atoms with Crippen molar-refractivity contribution in [2.75, 3.05) is 30.4 Å². The Morgan fingerprint density at radius 1 is 1.32 bits per heavy atom. The van der Waals surface area contributed by atoms with Crippen LogP contribution in [0.5, 0.6) is 5.75 Å². The van der Waals surface area contributed by atoms with Crippen LogP contribution in [-0.4, -0.2) is 36.1 Å². The quantitative estimate of drug-likeness (QED) is 0.920. The van der Waals surface area contributed by atoms with Crippen LogP contribution in [0.4, 0.5) is 11.6 Å². The first kappa shape index (κ1) is 16.7. The van der Waals surface area contributed by atoms with E-state index in [0.717, 1.165) is 31.7 Å². The molecule has 2 aromatic heterocycles. The number of methoxy groups -OCH3 is 1. The normalized spacial score (nSPS) is 14.6. The Labute approximate surface area is 146 Å². The third kappa shape index (κ3) is 3.86. The molecule has 1 fully saturated rings. The number of hydrogen-bond donors (Lipinski definition) is 1. The summed E-state index contributed by atoms with van der Waals surface area (Å²) in [5.74, 6) is 1.73. The molecule has 1 amide bonds. The average Bonchev–Trinajstić information content (AvgIpc) is 2.68. The second-order valence-corrected chi connectivity index (χ2v) is 5.82. The van der Waals surface area contributed by atoms with Crippen molar-refractivity contribution in [3.05, 3.63) is 42.2 Å². The Hall–Kier alpha value is -3.14. The van der Waals surface area contributed by atoms with Crippen molar-refractivity contribution in [2.45, 2.75) is 12.8 Å². The highest BCUT2D eigenvalue weighted by Crippen LogP contribution is 2.25. The zero-order valence-electron chi connectivity index (χ0n) is 14.0. The first-order valence-electron chi connectivity index (χ1n) is 8.12. The predicted octanol–water partition coefficient (Wildman–Crippen LogP) is 2.21. The van der Waals surface area contributed by atoms with E-state index in [1.54, 1.807) is 37.7 Å². The van der Waals surface area contributed by atoms with Crippen molar-refractivity contribution >= 4 is 17.5 Å². The van der Waals surface area contributed by atoms with Crippen LogP contribution in [-0.2, 0) is 4.79 Å². The fourth-order valence-corrected chi connectivity index (χ4v) is 2.88. The molecule has 0 aromatic carbocycles. The fraction of sp³-hybridized carbons (Fsp3) is 0.333. The molecular formula is C18H19N5O2. The van der Waals surface area contributed by atoms with E-state index in [1.165, 1.54) is 0 Å². The number of nitrogens with zero attached hydrogens (tertiary/aromatic N) is 4. The highest BCUT2D eigenvalue weighted by molar-refractivity contribution is 5.93. The lowest BCUT2D eigenvalue weighted by molar-refractivity contribution is -0.120. The number of aromatic nitrogens is 2. The van der Waals surface area contributed by atoms with Gasteiger partial charge in [-0.05, 0) is 37.1 Å². The summed E-state index contributed by atoms with van der Waals surface area (Å²) >= 11 is 0. The summed E-state index contributed by atoms with van der Waals surface area (Å²) in [6.45, 7) is 1.49. The number of hydrogen-bond acceptors (Lipinski definition) is 6. The van der Waals surface area contributed by atoms with E-state index in [1.807, 2.05) is 6.07 Å². The standard InChI is InChI=1S/C18H19N5O2/c1-25-15-3-2-8-20-17(15)22-18(24)14-6-9-23(10-7-14)16-5-4-13(11-19)12-21-16/h2-5,8,12,14H,6-7,9-10H2,1H3,(H,20,22,24). The minimum Gasteiger partial charge on any atom is -0.493 e. The second-order valence-electron chi connectivity index (χ2n) is 5.82. The Bertz CT molecular complexity index is 777. The van der Waals surface area contributed by atoms with Crippen LogP contribution < -0.4 is 15.0 Å². The average molecular weight is 337 g/mol. The van der Waals surface area contributed by atoms with E-state index in [4.69, 9.17) is 10.00 Å². The van der Waals surface area contributed by atoms with Crippen LogP contribution in [0, 0.1) is 17.2 Å². The number of ether oxygens (including phenoxy) is 1. The Balaban J connectivity index is 1.58. The van der Waals surface area contributed by atoms with Gasteiger partial charge in [0.25, 0.3) is 0 Å². The van der Waals surface area contributed by atoms with Gasteiger partial charge in [0, 0.05) is 31.4 Å². The molecule has 0 radical (unpaired) electrons. The maximum atomic E-state index is 12.5. The van der Waals surface area contributed by atoms with Crippen LogP contribution in [0.2, 0.25) is 0 Å². The van der Waals surface area contributed by atoms with Crippen molar-refractivity contribution in [1.29, 1.82) is 5.26 Å². The molecule has 0 bridgehead atoms. The SMILES string of the molecule is COc1cccnc1NC(=O)C1CCN(c2ccc(C#N)cn2)CC1. The first-order valence-corrected chi connectivity index (χ1v) is 8.12. The molecule has 1 aliphatic rings. The van der Waals surface area contributed by atoms with Crippen molar-refractivity contribution in [1.82, 2.24) is 9.97 Å². The predicted molar refractivity (Wildman–Crippen MR) is 93.3 cm³/mol. The van der Waals surface area contributed by atoms with Crippen LogP contribution >= 0.6 is 0 Å². The van der Waals surface area contributed by atoms with E-state index < -0.39 is 0 Å². The van der Waals surface area contributed by atoms with Gasteiger partial charge in [0.2, 0.25) is 5.91 Å². The topological polar surface area (TPSA) is 91.1 Å². The molecule has 1 saturated heterocycles. The molecule has 0 atom stereocenters. The fourth-order valence-electron chi connectivity index (χ4n) is 2.88. The van der Waals surface area contributed by atoms with Gasteiger partial charge in [0.05, 0.1) is 12.7 Å². The Morgan fingerprint density at radius 2 is 2.12 bits per heavy atom. The zero-order valence-corrected chi connectivity index (χ0v) is 14.0. The van der Waals surface area contributed by atoms with Crippen LogP contribution in [0.15, 0.2) is 36.7 Å². The lowest BCUT2D eigenvalue weighted by atomic mass is 9.96. The van der Waals surface area contributed by atoms with Crippen molar-refractivity contribution in [2.24, 2.45) is 5.92 Å². The van der Waals surface area contributed by atoms with Gasteiger partial charge in [-0.2, -0.15) is 5.26 Å². The number of carbonyl (C=O) groups is 1. The van der Waals surface area contributed by atoms with Gasteiger partial charge in [-0.3, -0.25) is 4.79 Å². The maximum Gasteiger partial charge on any atom is 0.228 e. The number of piperidine rings is 1.